The van der Waals surface area contributed by atoms with Crippen molar-refractivity contribution in [2.24, 2.45) is 5.92 Å². The Morgan fingerprint density at radius 2 is 1.85 bits per heavy atom. The maximum absolute atomic E-state index is 12.3. The second-order valence-electron chi connectivity index (χ2n) is 5.84. The molecule has 0 radical (unpaired) electrons. The highest BCUT2D eigenvalue weighted by Crippen LogP contribution is 2.14. The SMILES string of the molecule is CC(C)[C@H](NC(=O)c1cccs1)C(=O)OCC(=O)Nc1ccc(Cl)cc1. The number of hydrogen-bond acceptors (Lipinski definition) is 5. The van der Waals surface area contributed by atoms with Crippen LogP contribution < -0.4 is 10.6 Å². The molecule has 6 nitrogen and oxygen atoms in total. The summed E-state index contributed by atoms with van der Waals surface area (Å²) < 4.78 is 5.05. The number of benzene rings is 1. The largest absolute Gasteiger partial charge is 0.454 e. The van der Waals surface area contributed by atoms with Gasteiger partial charge < -0.3 is 15.4 Å². The molecule has 2 aromatic rings. The zero-order chi connectivity index (χ0) is 19.1. The van der Waals surface area contributed by atoms with Gasteiger partial charge in [0.25, 0.3) is 11.8 Å². The average molecular weight is 395 g/mol. The summed E-state index contributed by atoms with van der Waals surface area (Å²) in [7, 11) is 0. The molecule has 1 atom stereocenters. The third-order valence-electron chi connectivity index (χ3n) is 3.43. The minimum atomic E-state index is -0.840. The van der Waals surface area contributed by atoms with E-state index < -0.39 is 24.5 Å². The Morgan fingerprint density at radius 1 is 1.15 bits per heavy atom. The molecular formula is C18H19ClN2O4S. The van der Waals surface area contributed by atoms with Crippen molar-refractivity contribution in [2.75, 3.05) is 11.9 Å². The van der Waals surface area contributed by atoms with E-state index in [1.54, 1.807) is 55.6 Å². The van der Waals surface area contributed by atoms with Crippen LogP contribution in [0, 0.1) is 5.92 Å². The number of halogens is 1. The molecule has 2 rings (SSSR count). The van der Waals surface area contributed by atoms with Crippen LogP contribution in [0.25, 0.3) is 0 Å². The Kier molecular flexibility index (Phi) is 7.17. The smallest absolute Gasteiger partial charge is 0.329 e. The van der Waals surface area contributed by atoms with Crippen LogP contribution >= 0.6 is 22.9 Å². The first-order chi connectivity index (χ1) is 12.4. The summed E-state index contributed by atoms with van der Waals surface area (Å²) in [6.45, 7) is 3.13. The molecule has 0 aliphatic rings. The van der Waals surface area contributed by atoms with Crippen LogP contribution in [-0.4, -0.2) is 30.4 Å². The van der Waals surface area contributed by atoms with E-state index in [4.69, 9.17) is 16.3 Å². The lowest BCUT2D eigenvalue weighted by molar-refractivity contribution is -0.150. The Morgan fingerprint density at radius 3 is 2.42 bits per heavy atom. The highest BCUT2D eigenvalue weighted by atomic mass is 35.5. The van der Waals surface area contributed by atoms with Crippen LogP contribution in [0.4, 0.5) is 5.69 Å². The summed E-state index contributed by atoms with van der Waals surface area (Å²) in [6, 6.07) is 9.13. The van der Waals surface area contributed by atoms with Crippen molar-refractivity contribution < 1.29 is 19.1 Å². The first-order valence-electron chi connectivity index (χ1n) is 7.93. The van der Waals surface area contributed by atoms with Crippen LogP contribution in [0.3, 0.4) is 0 Å². The number of amides is 2. The molecule has 0 bridgehead atoms. The van der Waals surface area contributed by atoms with E-state index >= 15 is 0 Å². The molecule has 0 fully saturated rings. The quantitative estimate of drug-likeness (QED) is 0.705. The Bertz CT molecular complexity index is 760. The molecular weight excluding hydrogens is 376 g/mol. The van der Waals surface area contributed by atoms with Gasteiger partial charge >= 0.3 is 5.97 Å². The van der Waals surface area contributed by atoms with Crippen LogP contribution in [0.1, 0.15) is 23.5 Å². The number of thiophene rings is 1. The van der Waals surface area contributed by atoms with Gasteiger partial charge in [0.15, 0.2) is 6.61 Å². The highest BCUT2D eigenvalue weighted by Gasteiger charge is 2.27. The number of carbonyl (C=O) groups excluding carboxylic acids is 3. The molecule has 0 saturated heterocycles. The Labute approximate surface area is 160 Å². The number of nitrogens with one attached hydrogen (secondary N) is 2. The second kappa shape index (κ2) is 9.35. The van der Waals surface area contributed by atoms with Gasteiger partial charge in [0.05, 0.1) is 4.88 Å². The molecule has 26 heavy (non-hydrogen) atoms. The van der Waals surface area contributed by atoms with E-state index in [1.807, 2.05) is 0 Å². The molecule has 8 heteroatoms. The van der Waals surface area contributed by atoms with Gasteiger partial charge in [-0.2, -0.15) is 0 Å². The molecule has 0 unspecified atom stereocenters. The normalized spacial score (nSPS) is 11.7. The van der Waals surface area contributed by atoms with Gasteiger partial charge in [-0.25, -0.2) is 4.79 Å². The number of ether oxygens (including phenoxy) is 1. The van der Waals surface area contributed by atoms with Crippen molar-refractivity contribution in [2.45, 2.75) is 19.9 Å². The van der Waals surface area contributed by atoms with Crippen LogP contribution in [-0.2, 0) is 14.3 Å². The zero-order valence-corrected chi connectivity index (χ0v) is 15.9. The number of carbonyl (C=O) groups is 3. The summed E-state index contributed by atoms with van der Waals surface area (Å²) in [5.41, 5.74) is 0.543. The number of hydrogen-bond donors (Lipinski definition) is 2. The van der Waals surface area contributed by atoms with Gasteiger partial charge in [0.2, 0.25) is 0 Å². The third kappa shape index (κ3) is 5.86. The predicted octanol–water partition coefficient (Wildman–Crippen LogP) is 3.34. The lowest BCUT2D eigenvalue weighted by Gasteiger charge is -2.20. The van der Waals surface area contributed by atoms with E-state index in [0.717, 1.165) is 0 Å². The van der Waals surface area contributed by atoms with E-state index in [-0.39, 0.29) is 11.8 Å². The first-order valence-corrected chi connectivity index (χ1v) is 9.19. The number of esters is 1. The van der Waals surface area contributed by atoms with E-state index in [0.29, 0.717) is 15.6 Å². The van der Waals surface area contributed by atoms with Gasteiger partial charge in [-0.15, -0.1) is 11.3 Å². The lowest BCUT2D eigenvalue weighted by Crippen LogP contribution is -2.45. The van der Waals surface area contributed by atoms with Crippen LogP contribution in [0.2, 0.25) is 5.02 Å². The van der Waals surface area contributed by atoms with Crippen molar-refractivity contribution >= 4 is 46.4 Å². The number of rotatable bonds is 7. The standard InChI is InChI=1S/C18H19ClN2O4S/c1-11(2)16(21-17(23)14-4-3-9-26-14)18(24)25-10-15(22)20-13-7-5-12(19)6-8-13/h3-9,11,16H,10H2,1-2H3,(H,20,22)(H,21,23)/t16-/m0/s1. The maximum atomic E-state index is 12.3. The fraction of sp³-hybridized carbons (Fsp3) is 0.278. The van der Waals surface area contributed by atoms with Gasteiger partial charge in [-0.1, -0.05) is 31.5 Å². The minimum absolute atomic E-state index is 0.189. The van der Waals surface area contributed by atoms with E-state index in [2.05, 4.69) is 10.6 Å². The van der Waals surface area contributed by atoms with Gasteiger partial charge in [-0.05, 0) is 41.6 Å². The molecule has 2 N–H and O–H groups in total. The fourth-order valence-corrected chi connectivity index (χ4v) is 2.83. The molecule has 0 saturated carbocycles. The van der Waals surface area contributed by atoms with E-state index in [9.17, 15) is 14.4 Å². The summed E-state index contributed by atoms with van der Waals surface area (Å²) >= 11 is 7.06. The molecule has 0 aliphatic heterocycles. The lowest BCUT2D eigenvalue weighted by atomic mass is 10.0. The highest BCUT2D eigenvalue weighted by molar-refractivity contribution is 7.12. The van der Waals surface area contributed by atoms with Gasteiger partial charge in [0.1, 0.15) is 6.04 Å². The minimum Gasteiger partial charge on any atom is -0.454 e. The predicted molar refractivity (Wildman–Crippen MR) is 101 cm³/mol. The molecule has 1 heterocycles. The monoisotopic (exact) mass is 394 g/mol. The number of anilines is 1. The average Bonchev–Trinajstić information content (AvgIpc) is 3.14. The van der Waals surface area contributed by atoms with Gasteiger partial charge in [-0.3, -0.25) is 9.59 Å². The summed E-state index contributed by atoms with van der Waals surface area (Å²) in [5.74, 6) is -1.67. The Hall–Kier alpha value is -2.38. The molecule has 0 aliphatic carbocycles. The fourth-order valence-electron chi connectivity index (χ4n) is 2.07. The summed E-state index contributed by atoms with van der Waals surface area (Å²) in [4.78, 5) is 36.8. The van der Waals surface area contributed by atoms with Crippen molar-refractivity contribution in [1.29, 1.82) is 0 Å². The second-order valence-corrected chi connectivity index (χ2v) is 7.22. The molecule has 0 spiro atoms. The summed E-state index contributed by atoms with van der Waals surface area (Å²) in [6.07, 6.45) is 0. The molecule has 2 amide bonds. The van der Waals surface area contributed by atoms with E-state index in [1.165, 1.54) is 11.3 Å². The van der Waals surface area contributed by atoms with Crippen molar-refractivity contribution in [3.05, 3.63) is 51.7 Å². The summed E-state index contributed by atoms with van der Waals surface area (Å²) in [5, 5.41) is 7.57. The molecule has 1 aromatic heterocycles. The maximum Gasteiger partial charge on any atom is 0.329 e. The molecule has 138 valence electrons. The zero-order valence-electron chi connectivity index (χ0n) is 14.3. The van der Waals surface area contributed by atoms with Crippen molar-refractivity contribution in [3.8, 4) is 0 Å². The van der Waals surface area contributed by atoms with Gasteiger partial charge in [0, 0.05) is 10.7 Å². The third-order valence-corrected chi connectivity index (χ3v) is 4.55. The van der Waals surface area contributed by atoms with Crippen LogP contribution in [0.5, 0.6) is 0 Å². The first kappa shape index (κ1) is 19.9. The Balaban J connectivity index is 1.87. The van der Waals surface area contributed by atoms with Crippen molar-refractivity contribution in [1.82, 2.24) is 5.32 Å². The topological polar surface area (TPSA) is 84.5 Å². The van der Waals surface area contributed by atoms with Crippen molar-refractivity contribution in [3.63, 3.8) is 0 Å². The molecule has 1 aromatic carbocycles. The van der Waals surface area contributed by atoms with Crippen LogP contribution in [0.15, 0.2) is 41.8 Å².